The van der Waals surface area contributed by atoms with Crippen molar-refractivity contribution in [3.8, 4) is 0 Å². The molecule has 2 N–H and O–H groups in total. The van der Waals surface area contributed by atoms with Crippen LogP contribution < -0.4 is 10.6 Å². The number of rotatable bonds is 3. The summed E-state index contributed by atoms with van der Waals surface area (Å²) in [6.45, 7) is 4.08. The smallest absolute Gasteiger partial charge is 0.246 e. The molecule has 0 radical (unpaired) electrons. The zero-order valence-corrected chi connectivity index (χ0v) is 13.7. The van der Waals surface area contributed by atoms with E-state index in [0.29, 0.717) is 0 Å². The number of aromatic nitrogens is 2. The first-order valence-electron chi connectivity index (χ1n) is 6.82. The first-order chi connectivity index (χ1) is 9.97. The van der Waals surface area contributed by atoms with Crippen molar-refractivity contribution in [3.05, 3.63) is 45.7 Å². The van der Waals surface area contributed by atoms with Gasteiger partial charge in [-0.3, -0.25) is 14.8 Å². The zero-order chi connectivity index (χ0) is 15.1. The average Bonchev–Trinajstić information content (AvgIpc) is 2.92. The van der Waals surface area contributed by atoms with Gasteiger partial charge in [0.05, 0.1) is 6.20 Å². The maximum Gasteiger partial charge on any atom is 0.246 e. The fraction of sp³-hybridized carbons (Fsp3) is 0.333. The molecule has 1 aliphatic rings. The van der Waals surface area contributed by atoms with E-state index >= 15 is 0 Å². The first-order valence-corrected chi connectivity index (χ1v) is 7.61. The summed E-state index contributed by atoms with van der Waals surface area (Å²) in [5, 5.41) is 10.6. The van der Waals surface area contributed by atoms with Crippen molar-refractivity contribution in [3.63, 3.8) is 0 Å². The molecule has 5 nitrogen and oxygen atoms in total. The minimum atomic E-state index is -0.341. The summed E-state index contributed by atoms with van der Waals surface area (Å²) < 4.78 is 2.81. The quantitative estimate of drug-likeness (QED) is 0.896. The van der Waals surface area contributed by atoms with Gasteiger partial charge in [-0.15, -0.1) is 0 Å². The SMILES string of the molecule is Cc1c(C(C)NC2C(=O)Nc3ccc(Br)cc32)cnn1C. The number of aryl methyl sites for hydroxylation is 1. The van der Waals surface area contributed by atoms with Crippen LogP contribution in [0.1, 0.15) is 35.8 Å². The number of amides is 1. The molecule has 0 saturated heterocycles. The molecule has 0 bridgehead atoms. The summed E-state index contributed by atoms with van der Waals surface area (Å²) in [5.74, 6) is -0.0171. The minimum absolute atomic E-state index is 0.0171. The Kier molecular flexibility index (Phi) is 3.59. The van der Waals surface area contributed by atoms with Crippen LogP contribution in [-0.4, -0.2) is 15.7 Å². The molecule has 2 aromatic rings. The monoisotopic (exact) mass is 348 g/mol. The molecule has 0 saturated carbocycles. The summed E-state index contributed by atoms with van der Waals surface area (Å²) in [6, 6.07) is 5.52. The number of hydrogen-bond acceptors (Lipinski definition) is 3. The molecule has 2 atom stereocenters. The number of carbonyl (C=O) groups is 1. The van der Waals surface area contributed by atoms with Gasteiger partial charge in [-0.1, -0.05) is 15.9 Å². The second-order valence-corrected chi connectivity index (χ2v) is 6.27. The fourth-order valence-corrected chi connectivity index (χ4v) is 3.06. The largest absolute Gasteiger partial charge is 0.324 e. The average molecular weight is 349 g/mol. The van der Waals surface area contributed by atoms with E-state index in [2.05, 4.69) is 31.7 Å². The van der Waals surface area contributed by atoms with Gasteiger partial charge < -0.3 is 5.32 Å². The number of benzene rings is 1. The fourth-order valence-electron chi connectivity index (χ4n) is 2.68. The Labute approximate surface area is 131 Å². The third-order valence-corrected chi connectivity index (χ3v) is 4.49. The van der Waals surface area contributed by atoms with Crippen molar-refractivity contribution in [1.82, 2.24) is 15.1 Å². The van der Waals surface area contributed by atoms with Gasteiger partial charge in [-0.2, -0.15) is 5.10 Å². The molecule has 110 valence electrons. The molecule has 1 aromatic carbocycles. The highest BCUT2D eigenvalue weighted by Gasteiger charge is 2.32. The topological polar surface area (TPSA) is 59.0 Å². The lowest BCUT2D eigenvalue weighted by Crippen LogP contribution is -2.30. The van der Waals surface area contributed by atoms with E-state index in [4.69, 9.17) is 0 Å². The van der Waals surface area contributed by atoms with E-state index in [1.807, 2.05) is 50.0 Å². The van der Waals surface area contributed by atoms with Crippen molar-refractivity contribution in [1.29, 1.82) is 0 Å². The van der Waals surface area contributed by atoms with Gasteiger partial charge >= 0.3 is 0 Å². The van der Waals surface area contributed by atoms with Crippen molar-refractivity contribution in [2.75, 3.05) is 5.32 Å². The molecule has 21 heavy (non-hydrogen) atoms. The third kappa shape index (κ3) is 2.49. The molecule has 6 heteroatoms. The van der Waals surface area contributed by atoms with Crippen molar-refractivity contribution < 1.29 is 4.79 Å². The van der Waals surface area contributed by atoms with Gasteiger partial charge in [-0.25, -0.2) is 0 Å². The van der Waals surface area contributed by atoms with Crippen LogP contribution in [0.15, 0.2) is 28.9 Å². The Morgan fingerprint density at radius 2 is 2.24 bits per heavy atom. The number of hydrogen-bond donors (Lipinski definition) is 2. The highest BCUT2D eigenvalue weighted by atomic mass is 79.9. The standard InChI is InChI=1S/C15H17BrN4O/c1-8(12-7-17-20(3)9(12)2)18-14-11-6-10(16)4-5-13(11)19-15(14)21/h4-8,14,18H,1-3H3,(H,19,21). The highest BCUT2D eigenvalue weighted by molar-refractivity contribution is 9.10. The molecular formula is C15H17BrN4O. The van der Waals surface area contributed by atoms with Crippen LogP contribution in [-0.2, 0) is 11.8 Å². The van der Waals surface area contributed by atoms with Gasteiger partial charge in [0.2, 0.25) is 5.91 Å². The van der Waals surface area contributed by atoms with Crippen LogP contribution in [0.25, 0.3) is 0 Å². The lowest BCUT2D eigenvalue weighted by molar-refractivity contribution is -0.117. The Hall–Kier alpha value is -1.66. The lowest BCUT2D eigenvalue weighted by atomic mass is 10.0. The Morgan fingerprint density at radius 3 is 2.90 bits per heavy atom. The van der Waals surface area contributed by atoms with E-state index in [-0.39, 0.29) is 18.0 Å². The maximum absolute atomic E-state index is 12.2. The van der Waals surface area contributed by atoms with Gasteiger partial charge in [0.1, 0.15) is 6.04 Å². The molecule has 2 heterocycles. The predicted octanol–water partition coefficient (Wildman–Crippen LogP) is 2.84. The van der Waals surface area contributed by atoms with Crippen LogP contribution in [0.4, 0.5) is 5.69 Å². The van der Waals surface area contributed by atoms with E-state index in [1.54, 1.807) is 0 Å². The van der Waals surface area contributed by atoms with Crippen molar-refractivity contribution in [2.45, 2.75) is 25.9 Å². The number of nitrogens with zero attached hydrogens (tertiary/aromatic N) is 2. The lowest BCUT2D eigenvalue weighted by Gasteiger charge is -2.18. The molecule has 1 aromatic heterocycles. The molecule has 0 fully saturated rings. The second kappa shape index (κ2) is 5.27. The summed E-state index contributed by atoms with van der Waals surface area (Å²) in [7, 11) is 1.92. The number of halogens is 1. The summed E-state index contributed by atoms with van der Waals surface area (Å²) >= 11 is 3.46. The van der Waals surface area contributed by atoms with Crippen LogP contribution in [0.5, 0.6) is 0 Å². The van der Waals surface area contributed by atoms with E-state index in [9.17, 15) is 4.79 Å². The predicted molar refractivity (Wildman–Crippen MR) is 85.0 cm³/mol. The second-order valence-electron chi connectivity index (χ2n) is 5.35. The van der Waals surface area contributed by atoms with E-state index < -0.39 is 0 Å². The number of carbonyl (C=O) groups excluding carboxylic acids is 1. The van der Waals surface area contributed by atoms with Gasteiger partial charge in [0.25, 0.3) is 0 Å². The van der Waals surface area contributed by atoms with Crippen LogP contribution in [0.2, 0.25) is 0 Å². The number of anilines is 1. The Balaban J connectivity index is 1.87. The molecule has 0 spiro atoms. The minimum Gasteiger partial charge on any atom is -0.324 e. The van der Waals surface area contributed by atoms with Gasteiger partial charge in [0, 0.05) is 40.1 Å². The van der Waals surface area contributed by atoms with Crippen LogP contribution >= 0.6 is 15.9 Å². The highest BCUT2D eigenvalue weighted by Crippen LogP contribution is 2.34. The van der Waals surface area contributed by atoms with Crippen molar-refractivity contribution in [2.24, 2.45) is 7.05 Å². The molecule has 1 aliphatic heterocycles. The molecule has 1 amide bonds. The van der Waals surface area contributed by atoms with E-state index in [1.165, 1.54) is 0 Å². The normalized spacial score (nSPS) is 18.5. The van der Waals surface area contributed by atoms with Crippen LogP contribution in [0, 0.1) is 6.92 Å². The van der Waals surface area contributed by atoms with Crippen molar-refractivity contribution >= 4 is 27.5 Å². The molecule has 0 aliphatic carbocycles. The number of fused-ring (bicyclic) bond motifs is 1. The molecule has 3 rings (SSSR count). The summed E-state index contributed by atoms with van der Waals surface area (Å²) in [5.41, 5.74) is 4.05. The summed E-state index contributed by atoms with van der Waals surface area (Å²) in [6.07, 6.45) is 1.85. The number of nitrogens with one attached hydrogen (secondary N) is 2. The first kappa shape index (κ1) is 14.3. The van der Waals surface area contributed by atoms with Crippen LogP contribution in [0.3, 0.4) is 0 Å². The molecule has 2 unspecified atom stereocenters. The van der Waals surface area contributed by atoms with Gasteiger partial charge in [0.15, 0.2) is 0 Å². The zero-order valence-electron chi connectivity index (χ0n) is 12.1. The molecular weight excluding hydrogens is 332 g/mol. The maximum atomic E-state index is 12.2. The Morgan fingerprint density at radius 1 is 1.48 bits per heavy atom. The summed E-state index contributed by atoms with van der Waals surface area (Å²) in [4.78, 5) is 12.2. The van der Waals surface area contributed by atoms with E-state index in [0.717, 1.165) is 27.0 Å². The van der Waals surface area contributed by atoms with Gasteiger partial charge in [-0.05, 0) is 32.0 Å². The third-order valence-electron chi connectivity index (χ3n) is 4.00. The Bertz CT molecular complexity index is 710.